The molecule has 1 atom stereocenters. The SMILES string of the molecule is C=C(CN1CC[C@]2(CCN(c3ccc(N)c(C(=N)c4ccc(=O)n(C(C)C)c4)n3)C2=O)C1)N1CC=C(c2ccc(C(N)=NC=NC)cc2)CC1. The molecule has 1 aromatic carbocycles. The number of aliphatic imine (C=N–C) groups is 2. The molecule has 5 N–H and O–H groups in total. The predicted octanol–water partition coefficient (Wildman–Crippen LogP) is 3.92. The van der Waals surface area contributed by atoms with Crippen molar-refractivity contribution in [2.75, 3.05) is 56.9 Å². The summed E-state index contributed by atoms with van der Waals surface area (Å²) in [5, 5.41) is 8.87. The largest absolute Gasteiger partial charge is 0.397 e. The second kappa shape index (κ2) is 14.2. The van der Waals surface area contributed by atoms with Crippen LogP contribution >= 0.6 is 0 Å². The van der Waals surface area contributed by atoms with E-state index in [0.29, 0.717) is 48.2 Å². The number of rotatable bonds is 10. The lowest BCUT2D eigenvalue weighted by atomic mass is 9.85. The summed E-state index contributed by atoms with van der Waals surface area (Å²) in [6.07, 6.45) is 7.81. The maximum atomic E-state index is 14.0. The van der Waals surface area contributed by atoms with E-state index in [1.54, 1.807) is 40.9 Å². The molecule has 2 saturated heterocycles. The topological polar surface area (TPSA) is 162 Å². The lowest BCUT2D eigenvalue weighted by Crippen LogP contribution is -2.39. The van der Waals surface area contributed by atoms with E-state index >= 15 is 0 Å². The molecular weight excluding hydrogens is 628 g/mol. The number of benzene rings is 1. The highest BCUT2D eigenvalue weighted by Crippen LogP contribution is 2.42. The molecule has 0 aliphatic carbocycles. The molecule has 1 amide bonds. The van der Waals surface area contributed by atoms with Crippen molar-refractivity contribution < 1.29 is 4.79 Å². The van der Waals surface area contributed by atoms with Gasteiger partial charge in [0.25, 0.3) is 5.56 Å². The normalized spacial score (nSPS) is 20.0. The van der Waals surface area contributed by atoms with Crippen LogP contribution in [0.5, 0.6) is 0 Å². The van der Waals surface area contributed by atoms with Crippen molar-refractivity contribution in [2.45, 2.75) is 39.2 Å². The van der Waals surface area contributed by atoms with Gasteiger partial charge in [-0.1, -0.05) is 36.9 Å². The van der Waals surface area contributed by atoms with E-state index in [9.17, 15) is 9.59 Å². The van der Waals surface area contributed by atoms with Gasteiger partial charge in [0, 0.05) is 74.9 Å². The predicted molar refractivity (Wildman–Crippen MR) is 201 cm³/mol. The Hall–Kier alpha value is -5.36. The molecule has 12 nitrogen and oxygen atoms in total. The van der Waals surface area contributed by atoms with Crippen LogP contribution in [-0.4, -0.2) is 89.5 Å². The van der Waals surface area contributed by atoms with Crippen LogP contribution in [0, 0.1) is 10.8 Å². The summed E-state index contributed by atoms with van der Waals surface area (Å²) >= 11 is 0. The number of aromatic nitrogens is 2. The van der Waals surface area contributed by atoms with E-state index in [1.165, 1.54) is 23.5 Å². The van der Waals surface area contributed by atoms with E-state index < -0.39 is 5.41 Å². The first-order valence-corrected chi connectivity index (χ1v) is 17.1. The standard InChI is InChI=1S/C38H46N10O2/c1-25(2)48-22-30(9-12-33(48)49)34(40)35-31(39)10-11-32(44-35)47-20-16-38(37(47)50)15-19-45(23-38)21-26(3)46-17-13-28(14-18-46)27-5-7-29(8-6-27)36(41)43-24-42-4/h5-13,22,24-25,40H,3,14-21,23,39H2,1-2,4H3,(H2,41,42,43)/t38-/m0/s1. The van der Waals surface area contributed by atoms with Crippen molar-refractivity contribution in [3.05, 3.63) is 106 Å². The Labute approximate surface area is 293 Å². The number of amides is 1. The number of amidine groups is 1. The Morgan fingerprint density at radius 2 is 1.80 bits per heavy atom. The summed E-state index contributed by atoms with van der Waals surface area (Å²) < 4.78 is 1.58. The zero-order chi connectivity index (χ0) is 35.6. The fourth-order valence-corrected chi connectivity index (χ4v) is 7.14. The highest BCUT2D eigenvalue weighted by atomic mass is 16.2. The van der Waals surface area contributed by atoms with Gasteiger partial charge in [-0.15, -0.1) is 0 Å². The number of hydrogen-bond acceptors (Lipinski definition) is 8. The smallest absolute Gasteiger partial charge is 0.250 e. The molecule has 50 heavy (non-hydrogen) atoms. The van der Waals surface area contributed by atoms with Crippen LogP contribution in [0.3, 0.4) is 0 Å². The molecule has 0 bridgehead atoms. The van der Waals surface area contributed by atoms with Gasteiger partial charge in [-0.2, -0.15) is 0 Å². The quantitative estimate of drug-likeness (QED) is 0.217. The number of anilines is 2. The van der Waals surface area contributed by atoms with E-state index in [1.807, 2.05) is 26.0 Å². The molecule has 3 aromatic rings. The maximum absolute atomic E-state index is 14.0. The van der Waals surface area contributed by atoms with Gasteiger partial charge in [0.2, 0.25) is 5.91 Å². The fraction of sp³-hybridized carbons (Fsp3) is 0.368. The number of pyridine rings is 2. The first kappa shape index (κ1) is 34.5. The van der Waals surface area contributed by atoms with Crippen LogP contribution < -0.4 is 21.9 Å². The number of likely N-dealkylation sites (tertiary alicyclic amines) is 1. The first-order valence-electron chi connectivity index (χ1n) is 17.1. The summed E-state index contributed by atoms with van der Waals surface area (Å²) in [4.78, 5) is 45.4. The van der Waals surface area contributed by atoms with Gasteiger partial charge in [0.15, 0.2) is 0 Å². The van der Waals surface area contributed by atoms with Crippen LogP contribution in [0.25, 0.3) is 5.57 Å². The number of nitrogens with one attached hydrogen (secondary N) is 1. The minimum Gasteiger partial charge on any atom is -0.397 e. The van der Waals surface area contributed by atoms with Crippen molar-refractivity contribution in [1.29, 1.82) is 5.41 Å². The third kappa shape index (κ3) is 6.88. The van der Waals surface area contributed by atoms with Crippen molar-refractivity contribution in [1.82, 2.24) is 19.4 Å². The van der Waals surface area contributed by atoms with Gasteiger partial charge in [-0.3, -0.25) is 29.8 Å². The Morgan fingerprint density at radius 1 is 1.06 bits per heavy atom. The van der Waals surface area contributed by atoms with Gasteiger partial charge < -0.3 is 20.9 Å². The van der Waals surface area contributed by atoms with E-state index in [4.69, 9.17) is 21.9 Å². The van der Waals surface area contributed by atoms with Crippen molar-refractivity contribution in [3.63, 3.8) is 0 Å². The third-order valence-corrected chi connectivity index (χ3v) is 10.1. The van der Waals surface area contributed by atoms with Crippen LogP contribution in [-0.2, 0) is 4.79 Å². The lowest BCUT2D eigenvalue weighted by molar-refractivity contribution is -0.125. The molecule has 0 radical (unpaired) electrons. The first-order chi connectivity index (χ1) is 24.0. The summed E-state index contributed by atoms with van der Waals surface area (Å²) in [7, 11) is 1.66. The molecule has 0 unspecified atom stereocenters. The molecule has 3 aliphatic heterocycles. The molecular formula is C38H46N10O2. The third-order valence-electron chi connectivity index (χ3n) is 10.1. The van der Waals surface area contributed by atoms with Crippen LogP contribution in [0.15, 0.2) is 87.9 Å². The van der Waals surface area contributed by atoms with Gasteiger partial charge >= 0.3 is 0 Å². The summed E-state index contributed by atoms with van der Waals surface area (Å²) in [5.41, 5.74) is 17.4. The Bertz CT molecular complexity index is 1960. The molecule has 0 saturated carbocycles. The summed E-state index contributed by atoms with van der Waals surface area (Å²) in [6, 6.07) is 14.6. The average molecular weight is 675 g/mol. The zero-order valence-electron chi connectivity index (χ0n) is 29.1. The molecule has 12 heteroatoms. The molecule has 260 valence electrons. The lowest BCUT2D eigenvalue weighted by Gasteiger charge is -2.32. The molecule has 6 rings (SSSR count). The van der Waals surface area contributed by atoms with Gasteiger partial charge in [0.05, 0.1) is 16.8 Å². The number of carbonyl (C=O) groups excluding carboxylic acids is 1. The molecule has 2 aromatic heterocycles. The number of nitrogen functional groups attached to an aromatic ring is 1. The molecule has 3 aliphatic rings. The minimum atomic E-state index is -0.470. The fourth-order valence-electron chi connectivity index (χ4n) is 7.14. The number of hydrogen-bond donors (Lipinski definition) is 3. The zero-order valence-corrected chi connectivity index (χ0v) is 29.1. The summed E-state index contributed by atoms with van der Waals surface area (Å²) in [6.45, 7) is 12.7. The second-order valence-corrected chi connectivity index (χ2v) is 13.6. The minimum absolute atomic E-state index is 0.0549. The van der Waals surface area contributed by atoms with Crippen molar-refractivity contribution in [3.8, 4) is 0 Å². The second-order valence-electron chi connectivity index (χ2n) is 13.6. The van der Waals surface area contributed by atoms with Gasteiger partial charge in [0.1, 0.15) is 23.7 Å². The number of carbonyl (C=O) groups is 1. The van der Waals surface area contributed by atoms with E-state index in [0.717, 1.165) is 50.2 Å². The Balaban J connectivity index is 1.07. The van der Waals surface area contributed by atoms with Gasteiger partial charge in [-0.05, 0) is 69.0 Å². The monoisotopic (exact) mass is 674 g/mol. The van der Waals surface area contributed by atoms with E-state index in [2.05, 4.69) is 44.6 Å². The molecule has 1 spiro atoms. The number of nitrogens with zero attached hydrogens (tertiary/aromatic N) is 7. The maximum Gasteiger partial charge on any atom is 0.250 e. The van der Waals surface area contributed by atoms with Crippen molar-refractivity contribution >= 4 is 40.9 Å². The highest BCUT2D eigenvalue weighted by Gasteiger charge is 2.51. The Morgan fingerprint density at radius 3 is 2.50 bits per heavy atom. The Kier molecular flexibility index (Phi) is 9.83. The number of nitrogens with two attached hydrogens (primary N) is 2. The van der Waals surface area contributed by atoms with Crippen LogP contribution in [0.2, 0.25) is 0 Å². The average Bonchev–Trinajstić information content (AvgIpc) is 3.68. The molecule has 2 fully saturated rings. The van der Waals surface area contributed by atoms with Crippen molar-refractivity contribution in [2.24, 2.45) is 21.1 Å². The van der Waals surface area contributed by atoms with Crippen LogP contribution in [0.1, 0.15) is 61.5 Å². The highest BCUT2D eigenvalue weighted by molar-refractivity contribution is 6.12. The molecule has 5 heterocycles. The van der Waals surface area contributed by atoms with E-state index in [-0.39, 0.29) is 23.2 Å². The summed E-state index contributed by atoms with van der Waals surface area (Å²) in [5.74, 6) is 1.00. The van der Waals surface area contributed by atoms with Gasteiger partial charge in [-0.25, -0.2) is 9.98 Å². The van der Waals surface area contributed by atoms with Crippen LogP contribution in [0.4, 0.5) is 11.5 Å².